The number of aromatic nitrogens is 1. The maximum atomic E-state index is 12.8. The van der Waals surface area contributed by atoms with Crippen LogP contribution in [0.3, 0.4) is 0 Å². The molecule has 0 radical (unpaired) electrons. The van der Waals surface area contributed by atoms with E-state index >= 15 is 0 Å². The summed E-state index contributed by atoms with van der Waals surface area (Å²) in [6.07, 6.45) is 0.546. The van der Waals surface area contributed by atoms with Gasteiger partial charge < -0.3 is 9.84 Å². The van der Waals surface area contributed by atoms with Crippen molar-refractivity contribution >= 4 is 11.9 Å². The molecule has 0 fully saturated rings. The molecule has 5 heteroatoms. The molecule has 3 aromatic rings. The van der Waals surface area contributed by atoms with Crippen molar-refractivity contribution in [3.63, 3.8) is 0 Å². The molecule has 0 aliphatic rings. The van der Waals surface area contributed by atoms with Crippen molar-refractivity contribution in [3.8, 4) is 11.1 Å². The molecular weight excluding hydrogens is 354 g/mol. The largest absolute Gasteiger partial charge is 0.478 e. The molecule has 1 aromatic heterocycles. The Balaban J connectivity index is 2.10. The summed E-state index contributed by atoms with van der Waals surface area (Å²) in [5, 5.41) is 9.95. The molecule has 0 bridgehead atoms. The first-order chi connectivity index (χ1) is 13.5. The Morgan fingerprint density at radius 3 is 2.14 bits per heavy atom. The van der Waals surface area contributed by atoms with Crippen LogP contribution in [0.15, 0.2) is 60.7 Å². The van der Waals surface area contributed by atoms with E-state index in [1.165, 1.54) is 0 Å². The molecule has 0 aliphatic heterocycles. The Hall–Kier alpha value is -3.47. The monoisotopic (exact) mass is 375 g/mol. The first-order valence-electron chi connectivity index (χ1n) is 9.06. The van der Waals surface area contributed by atoms with E-state index in [2.05, 4.69) is 4.98 Å². The Morgan fingerprint density at radius 1 is 0.964 bits per heavy atom. The molecule has 0 aliphatic carbocycles. The third-order valence-electron chi connectivity index (χ3n) is 4.48. The van der Waals surface area contributed by atoms with E-state index in [1.54, 1.807) is 6.92 Å². The molecule has 2 aromatic carbocycles. The van der Waals surface area contributed by atoms with E-state index in [0.29, 0.717) is 28.9 Å². The summed E-state index contributed by atoms with van der Waals surface area (Å²) in [6, 6.07) is 18.4. The number of carbonyl (C=O) groups excluding carboxylic acids is 1. The van der Waals surface area contributed by atoms with Crippen molar-refractivity contribution < 1.29 is 19.4 Å². The van der Waals surface area contributed by atoms with E-state index in [4.69, 9.17) is 4.74 Å². The van der Waals surface area contributed by atoms with Gasteiger partial charge in [-0.05, 0) is 24.5 Å². The van der Waals surface area contributed by atoms with Gasteiger partial charge in [-0.3, -0.25) is 4.98 Å². The van der Waals surface area contributed by atoms with E-state index in [9.17, 15) is 14.7 Å². The Morgan fingerprint density at radius 2 is 1.57 bits per heavy atom. The minimum absolute atomic E-state index is 0.000478. The SMILES string of the molecule is CCc1nc(C)c(C(=O)OCc2ccccc2)c(C(=O)O)c1-c1ccccc1. The topological polar surface area (TPSA) is 76.5 Å². The van der Waals surface area contributed by atoms with Crippen molar-refractivity contribution in [1.82, 2.24) is 4.98 Å². The fraction of sp³-hybridized carbons (Fsp3) is 0.174. The van der Waals surface area contributed by atoms with Gasteiger partial charge in [0.15, 0.2) is 0 Å². The van der Waals surface area contributed by atoms with Crippen molar-refractivity contribution in [3.05, 3.63) is 88.7 Å². The van der Waals surface area contributed by atoms with E-state index < -0.39 is 11.9 Å². The summed E-state index contributed by atoms with van der Waals surface area (Å²) >= 11 is 0. The maximum absolute atomic E-state index is 12.8. The quantitative estimate of drug-likeness (QED) is 0.633. The molecule has 0 saturated carbocycles. The molecule has 1 N–H and O–H groups in total. The number of benzene rings is 2. The maximum Gasteiger partial charge on any atom is 0.341 e. The van der Waals surface area contributed by atoms with Gasteiger partial charge in [0, 0.05) is 11.3 Å². The number of carboxylic acids is 1. The average Bonchev–Trinajstić information content (AvgIpc) is 2.72. The van der Waals surface area contributed by atoms with Gasteiger partial charge in [-0.15, -0.1) is 0 Å². The summed E-state index contributed by atoms with van der Waals surface area (Å²) in [7, 11) is 0. The highest BCUT2D eigenvalue weighted by Gasteiger charge is 2.28. The predicted octanol–water partition coefficient (Wildman–Crippen LogP) is 4.67. The van der Waals surface area contributed by atoms with Crippen molar-refractivity contribution in [2.75, 3.05) is 0 Å². The molecule has 142 valence electrons. The number of carbonyl (C=O) groups is 2. The molecule has 28 heavy (non-hydrogen) atoms. The molecule has 0 spiro atoms. The van der Waals surface area contributed by atoms with E-state index in [-0.39, 0.29) is 17.7 Å². The number of esters is 1. The van der Waals surface area contributed by atoms with Crippen LogP contribution in [0.4, 0.5) is 0 Å². The third-order valence-corrected chi connectivity index (χ3v) is 4.48. The van der Waals surface area contributed by atoms with E-state index in [1.807, 2.05) is 67.6 Å². The van der Waals surface area contributed by atoms with Gasteiger partial charge in [-0.25, -0.2) is 9.59 Å². The minimum atomic E-state index is -1.18. The second-order valence-electron chi connectivity index (χ2n) is 6.36. The van der Waals surface area contributed by atoms with Crippen molar-refractivity contribution in [2.24, 2.45) is 0 Å². The number of carboxylic acid groups (broad SMARTS) is 1. The van der Waals surface area contributed by atoms with Gasteiger partial charge >= 0.3 is 11.9 Å². The second kappa shape index (κ2) is 8.48. The van der Waals surface area contributed by atoms with Crippen molar-refractivity contribution in [1.29, 1.82) is 0 Å². The van der Waals surface area contributed by atoms with Crippen molar-refractivity contribution in [2.45, 2.75) is 26.9 Å². The van der Waals surface area contributed by atoms with Gasteiger partial charge in [-0.1, -0.05) is 67.6 Å². The Bertz CT molecular complexity index is 998. The van der Waals surface area contributed by atoms with Crippen LogP contribution in [0, 0.1) is 6.92 Å². The zero-order valence-electron chi connectivity index (χ0n) is 15.8. The van der Waals surface area contributed by atoms with Gasteiger partial charge in [-0.2, -0.15) is 0 Å². The number of pyridine rings is 1. The molecule has 5 nitrogen and oxygen atoms in total. The number of nitrogens with zero attached hydrogens (tertiary/aromatic N) is 1. The lowest BCUT2D eigenvalue weighted by Crippen LogP contribution is -2.18. The molecule has 1 heterocycles. The van der Waals surface area contributed by atoms with Gasteiger partial charge in [0.05, 0.1) is 16.8 Å². The van der Waals surface area contributed by atoms with Crippen LogP contribution in [0.5, 0.6) is 0 Å². The Kier molecular flexibility index (Phi) is 5.84. The molecule has 0 atom stereocenters. The summed E-state index contributed by atoms with van der Waals surface area (Å²) < 4.78 is 5.41. The third kappa shape index (κ3) is 3.93. The van der Waals surface area contributed by atoms with Gasteiger partial charge in [0.1, 0.15) is 6.61 Å². The first-order valence-corrected chi connectivity index (χ1v) is 9.06. The van der Waals surface area contributed by atoms with Gasteiger partial charge in [0.2, 0.25) is 0 Å². The lowest BCUT2D eigenvalue weighted by atomic mass is 9.92. The molecule has 3 rings (SSSR count). The van der Waals surface area contributed by atoms with Crippen LogP contribution in [0.1, 0.15) is 44.6 Å². The standard InChI is InChI=1S/C23H21NO4/c1-3-18-20(17-12-8-5-9-13-17)21(22(25)26)19(15(2)24-18)23(27)28-14-16-10-6-4-7-11-16/h4-13H,3,14H2,1-2H3,(H,25,26). The number of rotatable bonds is 6. The highest BCUT2D eigenvalue weighted by Crippen LogP contribution is 2.31. The summed E-state index contributed by atoms with van der Waals surface area (Å²) in [5.41, 5.74) is 2.93. The smallest absolute Gasteiger partial charge is 0.341 e. The number of ether oxygens (including phenoxy) is 1. The van der Waals surface area contributed by atoms with Crippen LogP contribution in [-0.4, -0.2) is 22.0 Å². The molecular formula is C23H21NO4. The molecule has 0 saturated heterocycles. The second-order valence-corrected chi connectivity index (χ2v) is 6.36. The highest BCUT2D eigenvalue weighted by atomic mass is 16.5. The van der Waals surface area contributed by atoms with Crippen LogP contribution in [0.25, 0.3) is 11.1 Å². The summed E-state index contributed by atoms with van der Waals surface area (Å²) in [6.45, 7) is 3.61. The normalized spacial score (nSPS) is 10.5. The van der Waals surface area contributed by atoms with Crippen LogP contribution in [0.2, 0.25) is 0 Å². The fourth-order valence-electron chi connectivity index (χ4n) is 3.19. The zero-order valence-corrected chi connectivity index (χ0v) is 15.8. The molecule has 0 unspecified atom stereocenters. The zero-order chi connectivity index (χ0) is 20.1. The lowest BCUT2D eigenvalue weighted by molar-refractivity contribution is 0.0462. The first kappa shape index (κ1) is 19.3. The highest BCUT2D eigenvalue weighted by molar-refractivity contribution is 6.08. The number of hydrogen-bond acceptors (Lipinski definition) is 4. The minimum Gasteiger partial charge on any atom is -0.478 e. The van der Waals surface area contributed by atoms with E-state index in [0.717, 1.165) is 5.56 Å². The summed E-state index contributed by atoms with van der Waals surface area (Å²) in [4.78, 5) is 29.5. The number of aromatic carboxylic acids is 1. The fourth-order valence-corrected chi connectivity index (χ4v) is 3.19. The average molecular weight is 375 g/mol. The number of aryl methyl sites for hydroxylation is 2. The lowest BCUT2D eigenvalue weighted by Gasteiger charge is -2.17. The predicted molar refractivity (Wildman–Crippen MR) is 106 cm³/mol. The summed E-state index contributed by atoms with van der Waals surface area (Å²) in [5.74, 6) is -1.86. The molecule has 0 amide bonds. The van der Waals surface area contributed by atoms with Crippen LogP contribution >= 0.6 is 0 Å². The number of hydrogen-bond donors (Lipinski definition) is 1. The van der Waals surface area contributed by atoms with Crippen LogP contribution in [-0.2, 0) is 17.8 Å². The Labute approximate surface area is 163 Å². The van der Waals surface area contributed by atoms with Gasteiger partial charge in [0.25, 0.3) is 0 Å². The van der Waals surface area contributed by atoms with Crippen LogP contribution < -0.4 is 0 Å².